The van der Waals surface area contributed by atoms with Crippen molar-refractivity contribution in [2.24, 2.45) is 5.73 Å². The SMILES string of the molecule is CCn1ncnc1COc1cc(OC)ccc1C(C)N. The molecule has 108 valence electrons. The molecule has 2 rings (SSSR count). The first-order valence-electron chi connectivity index (χ1n) is 6.58. The Kier molecular flexibility index (Phi) is 4.57. The Morgan fingerprint density at radius 2 is 2.20 bits per heavy atom. The largest absolute Gasteiger partial charge is 0.497 e. The molecule has 1 atom stereocenters. The van der Waals surface area contributed by atoms with E-state index in [4.69, 9.17) is 15.2 Å². The van der Waals surface area contributed by atoms with E-state index in [0.717, 1.165) is 23.7 Å². The fourth-order valence-electron chi connectivity index (χ4n) is 1.95. The molecule has 20 heavy (non-hydrogen) atoms. The van der Waals surface area contributed by atoms with Crippen LogP contribution in [0.4, 0.5) is 0 Å². The molecule has 0 bridgehead atoms. The first-order chi connectivity index (χ1) is 9.65. The monoisotopic (exact) mass is 276 g/mol. The van der Waals surface area contributed by atoms with E-state index in [2.05, 4.69) is 10.1 Å². The summed E-state index contributed by atoms with van der Waals surface area (Å²) >= 11 is 0. The Hall–Kier alpha value is -2.08. The summed E-state index contributed by atoms with van der Waals surface area (Å²) in [5.74, 6) is 2.23. The van der Waals surface area contributed by atoms with Gasteiger partial charge in [-0.25, -0.2) is 9.67 Å². The van der Waals surface area contributed by atoms with Crippen LogP contribution in [0.5, 0.6) is 11.5 Å². The van der Waals surface area contributed by atoms with E-state index >= 15 is 0 Å². The van der Waals surface area contributed by atoms with Crippen LogP contribution in [-0.4, -0.2) is 21.9 Å². The molecule has 0 aliphatic heterocycles. The third-order valence-corrected chi connectivity index (χ3v) is 3.06. The number of aryl methyl sites for hydroxylation is 1. The average Bonchev–Trinajstić information content (AvgIpc) is 2.91. The molecule has 1 heterocycles. The molecule has 0 spiro atoms. The molecule has 2 N–H and O–H groups in total. The van der Waals surface area contributed by atoms with Gasteiger partial charge in [-0.3, -0.25) is 0 Å². The number of benzene rings is 1. The van der Waals surface area contributed by atoms with E-state index in [-0.39, 0.29) is 6.04 Å². The molecule has 0 radical (unpaired) electrons. The Balaban J connectivity index is 2.19. The Bertz CT molecular complexity index is 566. The number of aromatic nitrogens is 3. The van der Waals surface area contributed by atoms with Crippen LogP contribution in [0.25, 0.3) is 0 Å². The summed E-state index contributed by atoms with van der Waals surface area (Å²) in [5.41, 5.74) is 6.90. The molecule has 0 fully saturated rings. The maximum atomic E-state index is 5.96. The van der Waals surface area contributed by atoms with Crippen LogP contribution >= 0.6 is 0 Å². The molecule has 6 heteroatoms. The van der Waals surface area contributed by atoms with E-state index in [1.165, 1.54) is 6.33 Å². The average molecular weight is 276 g/mol. The van der Waals surface area contributed by atoms with Crippen molar-refractivity contribution >= 4 is 0 Å². The topological polar surface area (TPSA) is 75.2 Å². The molecule has 0 aliphatic carbocycles. The first kappa shape index (κ1) is 14.3. The van der Waals surface area contributed by atoms with Crippen LogP contribution in [-0.2, 0) is 13.2 Å². The number of nitrogens with zero attached hydrogens (tertiary/aromatic N) is 3. The highest BCUT2D eigenvalue weighted by Gasteiger charge is 2.11. The van der Waals surface area contributed by atoms with Gasteiger partial charge < -0.3 is 15.2 Å². The number of hydrogen-bond acceptors (Lipinski definition) is 5. The smallest absolute Gasteiger partial charge is 0.164 e. The van der Waals surface area contributed by atoms with E-state index in [1.807, 2.05) is 32.0 Å². The van der Waals surface area contributed by atoms with Gasteiger partial charge in [0.2, 0.25) is 0 Å². The van der Waals surface area contributed by atoms with Crippen LogP contribution < -0.4 is 15.2 Å². The van der Waals surface area contributed by atoms with Crippen molar-refractivity contribution in [3.05, 3.63) is 35.9 Å². The van der Waals surface area contributed by atoms with Crippen LogP contribution in [0, 0.1) is 0 Å². The summed E-state index contributed by atoms with van der Waals surface area (Å²) in [5, 5.41) is 4.11. The summed E-state index contributed by atoms with van der Waals surface area (Å²) in [6, 6.07) is 5.52. The molecule has 0 saturated carbocycles. The fraction of sp³-hybridized carbons (Fsp3) is 0.429. The van der Waals surface area contributed by atoms with Crippen LogP contribution in [0.1, 0.15) is 31.3 Å². The second-order valence-electron chi connectivity index (χ2n) is 4.47. The number of methoxy groups -OCH3 is 1. The van der Waals surface area contributed by atoms with Crippen LogP contribution in [0.15, 0.2) is 24.5 Å². The van der Waals surface area contributed by atoms with Gasteiger partial charge in [0.25, 0.3) is 0 Å². The van der Waals surface area contributed by atoms with Crippen molar-refractivity contribution < 1.29 is 9.47 Å². The highest BCUT2D eigenvalue weighted by Crippen LogP contribution is 2.29. The lowest BCUT2D eigenvalue weighted by Crippen LogP contribution is -2.11. The molecule has 1 aromatic heterocycles. The number of nitrogens with two attached hydrogens (primary N) is 1. The quantitative estimate of drug-likeness (QED) is 0.872. The standard InChI is InChI=1S/C14H20N4O2/c1-4-18-14(16-9-17-18)8-20-13-7-11(19-3)5-6-12(13)10(2)15/h5-7,9-10H,4,8,15H2,1-3H3. The summed E-state index contributed by atoms with van der Waals surface area (Å²) in [7, 11) is 1.62. The minimum Gasteiger partial charge on any atom is -0.497 e. The lowest BCUT2D eigenvalue weighted by Gasteiger charge is -2.15. The molecule has 0 aliphatic rings. The van der Waals surface area contributed by atoms with Gasteiger partial charge in [-0.2, -0.15) is 5.10 Å². The van der Waals surface area contributed by atoms with E-state index in [9.17, 15) is 0 Å². The van der Waals surface area contributed by atoms with Gasteiger partial charge in [0.05, 0.1) is 7.11 Å². The van der Waals surface area contributed by atoms with Gasteiger partial charge in [-0.05, 0) is 19.9 Å². The fourth-order valence-corrected chi connectivity index (χ4v) is 1.95. The summed E-state index contributed by atoms with van der Waals surface area (Å²) in [4.78, 5) is 4.18. The highest BCUT2D eigenvalue weighted by molar-refractivity contribution is 5.42. The van der Waals surface area contributed by atoms with Crippen molar-refractivity contribution in [3.63, 3.8) is 0 Å². The third-order valence-electron chi connectivity index (χ3n) is 3.06. The maximum Gasteiger partial charge on any atom is 0.164 e. The van der Waals surface area contributed by atoms with Crippen LogP contribution in [0.3, 0.4) is 0 Å². The number of hydrogen-bond donors (Lipinski definition) is 1. The Labute approximate surface area is 118 Å². The zero-order valence-electron chi connectivity index (χ0n) is 12.0. The molecular formula is C14H20N4O2. The van der Waals surface area contributed by atoms with Crippen molar-refractivity contribution in [2.75, 3.05) is 7.11 Å². The number of rotatable bonds is 6. The van der Waals surface area contributed by atoms with Gasteiger partial charge in [0.1, 0.15) is 24.4 Å². The van der Waals surface area contributed by atoms with E-state index in [1.54, 1.807) is 11.8 Å². The molecule has 6 nitrogen and oxygen atoms in total. The zero-order chi connectivity index (χ0) is 14.5. The predicted molar refractivity (Wildman–Crippen MR) is 75.6 cm³/mol. The summed E-state index contributed by atoms with van der Waals surface area (Å²) < 4.78 is 12.9. The van der Waals surface area contributed by atoms with Crippen molar-refractivity contribution in [1.29, 1.82) is 0 Å². The minimum absolute atomic E-state index is 0.111. The molecule has 1 aromatic carbocycles. The van der Waals surface area contributed by atoms with Crippen molar-refractivity contribution in [1.82, 2.24) is 14.8 Å². The van der Waals surface area contributed by atoms with Gasteiger partial charge in [-0.1, -0.05) is 6.07 Å². The molecule has 0 amide bonds. The number of ether oxygens (including phenoxy) is 2. The van der Waals surface area contributed by atoms with E-state index < -0.39 is 0 Å². The Morgan fingerprint density at radius 3 is 2.85 bits per heavy atom. The summed E-state index contributed by atoms with van der Waals surface area (Å²) in [6.45, 7) is 5.04. The normalized spacial score (nSPS) is 12.2. The third kappa shape index (κ3) is 3.08. The molecule has 2 aromatic rings. The van der Waals surface area contributed by atoms with Gasteiger partial charge in [0.15, 0.2) is 5.82 Å². The van der Waals surface area contributed by atoms with Crippen molar-refractivity contribution in [2.45, 2.75) is 33.0 Å². The molecule has 0 saturated heterocycles. The second-order valence-corrected chi connectivity index (χ2v) is 4.47. The van der Waals surface area contributed by atoms with Crippen LogP contribution in [0.2, 0.25) is 0 Å². The highest BCUT2D eigenvalue weighted by atomic mass is 16.5. The molecule has 1 unspecified atom stereocenters. The minimum atomic E-state index is -0.111. The lowest BCUT2D eigenvalue weighted by atomic mass is 10.1. The van der Waals surface area contributed by atoms with Gasteiger partial charge >= 0.3 is 0 Å². The molecular weight excluding hydrogens is 256 g/mol. The predicted octanol–water partition coefficient (Wildman–Crippen LogP) is 1.91. The van der Waals surface area contributed by atoms with Gasteiger partial charge in [0, 0.05) is 24.2 Å². The first-order valence-corrected chi connectivity index (χ1v) is 6.58. The lowest BCUT2D eigenvalue weighted by molar-refractivity contribution is 0.281. The van der Waals surface area contributed by atoms with E-state index in [0.29, 0.717) is 12.4 Å². The van der Waals surface area contributed by atoms with Crippen molar-refractivity contribution in [3.8, 4) is 11.5 Å². The second kappa shape index (κ2) is 6.38. The Morgan fingerprint density at radius 1 is 1.40 bits per heavy atom. The zero-order valence-corrected chi connectivity index (χ0v) is 12.0. The summed E-state index contributed by atoms with van der Waals surface area (Å²) in [6.07, 6.45) is 1.53. The van der Waals surface area contributed by atoms with Gasteiger partial charge in [-0.15, -0.1) is 0 Å². The maximum absolute atomic E-state index is 5.96.